The Morgan fingerprint density at radius 3 is 3.00 bits per heavy atom. The van der Waals surface area contributed by atoms with Crippen molar-refractivity contribution in [2.45, 2.75) is 43.7 Å². The molecule has 25 heavy (non-hydrogen) atoms. The molecule has 2 amide bonds. The third-order valence-corrected chi connectivity index (χ3v) is 5.60. The Morgan fingerprint density at radius 2 is 2.20 bits per heavy atom. The minimum Gasteiger partial charge on any atom is -0.371 e. The third-order valence-electron chi connectivity index (χ3n) is 5.60. The van der Waals surface area contributed by atoms with Crippen LogP contribution in [0.5, 0.6) is 0 Å². The molecule has 1 spiro atoms. The van der Waals surface area contributed by atoms with Gasteiger partial charge in [0, 0.05) is 31.9 Å². The van der Waals surface area contributed by atoms with Crippen LogP contribution in [0.1, 0.15) is 32.1 Å². The maximum Gasteiger partial charge on any atom is 0.317 e. The number of amides is 2. The van der Waals surface area contributed by atoms with Gasteiger partial charge in [-0.3, -0.25) is 0 Å². The lowest BCUT2D eigenvalue weighted by Crippen LogP contribution is -2.56. The highest BCUT2D eigenvalue weighted by molar-refractivity contribution is 5.75. The standard InChI is InChI=1S/C18H25FN4O2/c19-15-4-3-8-20-16(15)22-9-5-14(12-22)21-17(24)23-10-11-25-18(13-23)6-1-2-7-18/h3-4,8,14H,1-2,5-7,9-13H2,(H,21,24)/t14-/m0/s1. The Morgan fingerprint density at radius 1 is 1.36 bits per heavy atom. The van der Waals surface area contributed by atoms with E-state index in [0.717, 1.165) is 19.3 Å². The number of nitrogens with zero attached hydrogens (tertiary/aromatic N) is 3. The van der Waals surface area contributed by atoms with Crippen molar-refractivity contribution in [1.29, 1.82) is 0 Å². The van der Waals surface area contributed by atoms with Crippen LogP contribution in [0.25, 0.3) is 0 Å². The van der Waals surface area contributed by atoms with E-state index in [2.05, 4.69) is 10.3 Å². The van der Waals surface area contributed by atoms with E-state index < -0.39 is 0 Å². The number of hydrogen-bond acceptors (Lipinski definition) is 4. The van der Waals surface area contributed by atoms with Crippen molar-refractivity contribution in [2.75, 3.05) is 37.7 Å². The summed E-state index contributed by atoms with van der Waals surface area (Å²) in [5.74, 6) is 0.0568. The molecular formula is C18H25FN4O2. The minimum atomic E-state index is -0.314. The minimum absolute atomic E-state index is 0.0243. The topological polar surface area (TPSA) is 57.7 Å². The van der Waals surface area contributed by atoms with E-state index in [1.54, 1.807) is 12.3 Å². The Balaban J connectivity index is 1.33. The van der Waals surface area contributed by atoms with Gasteiger partial charge < -0.3 is 19.9 Å². The van der Waals surface area contributed by atoms with Crippen LogP contribution in [-0.2, 0) is 4.74 Å². The average molecular weight is 348 g/mol. The molecule has 1 aromatic heterocycles. The zero-order chi connectivity index (χ0) is 17.3. The van der Waals surface area contributed by atoms with Crippen molar-refractivity contribution in [1.82, 2.24) is 15.2 Å². The number of ether oxygens (including phenoxy) is 1. The molecule has 0 bridgehead atoms. The van der Waals surface area contributed by atoms with Crippen LogP contribution >= 0.6 is 0 Å². The molecule has 1 aromatic rings. The highest BCUT2D eigenvalue weighted by Gasteiger charge is 2.41. The lowest BCUT2D eigenvalue weighted by Gasteiger charge is -2.40. The number of rotatable bonds is 2. The van der Waals surface area contributed by atoms with E-state index in [0.29, 0.717) is 38.6 Å². The molecule has 3 aliphatic rings. The van der Waals surface area contributed by atoms with Crippen molar-refractivity contribution < 1.29 is 13.9 Å². The van der Waals surface area contributed by atoms with Gasteiger partial charge in [-0.2, -0.15) is 0 Å². The lowest BCUT2D eigenvalue weighted by molar-refractivity contribution is -0.0926. The molecule has 1 saturated carbocycles. The Hall–Kier alpha value is -1.89. The molecule has 1 aliphatic carbocycles. The van der Waals surface area contributed by atoms with Crippen LogP contribution in [0.2, 0.25) is 0 Å². The Bertz CT molecular complexity index is 635. The second-order valence-electron chi connectivity index (χ2n) is 7.35. The lowest BCUT2D eigenvalue weighted by atomic mass is 10.00. The predicted molar refractivity (Wildman–Crippen MR) is 92.1 cm³/mol. The predicted octanol–water partition coefficient (Wildman–Crippen LogP) is 2.15. The second-order valence-corrected chi connectivity index (χ2v) is 7.35. The fourth-order valence-corrected chi connectivity index (χ4v) is 4.29. The molecule has 2 aliphatic heterocycles. The first-order valence-electron chi connectivity index (χ1n) is 9.20. The zero-order valence-corrected chi connectivity index (χ0v) is 14.4. The number of carbonyl (C=O) groups excluding carboxylic acids is 1. The van der Waals surface area contributed by atoms with Crippen molar-refractivity contribution in [3.63, 3.8) is 0 Å². The molecule has 1 N–H and O–H groups in total. The highest BCUT2D eigenvalue weighted by atomic mass is 19.1. The number of urea groups is 1. The zero-order valence-electron chi connectivity index (χ0n) is 14.4. The van der Waals surface area contributed by atoms with E-state index in [4.69, 9.17) is 4.74 Å². The van der Waals surface area contributed by atoms with E-state index in [-0.39, 0.29) is 23.5 Å². The van der Waals surface area contributed by atoms with Crippen LogP contribution in [0.4, 0.5) is 15.0 Å². The quantitative estimate of drug-likeness (QED) is 0.890. The van der Waals surface area contributed by atoms with Gasteiger partial charge in [-0.05, 0) is 31.4 Å². The summed E-state index contributed by atoms with van der Waals surface area (Å²) in [5.41, 5.74) is -0.117. The van der Waals surface area contributed by atoms with Gasteiger partial charge >= 0.3 is 6.03 Å². The second kappa shape index (κ2) is 6.78. The Kier molecular flexibility index (Phi) is 4.50. The number of halogens is 1. The summed E-state index contributed by atoms with van der Waals surface area (Å²) in [6.07, 6.45) is 6.86. The highest BCUT2D eigenvalue weighted by Crippen LogP contribution is 2.35. The molecule has 2 saturated heterocycles. The normalized spacial score (nSPS) is 25.6. The van der Waals surface area contributed by atoms with Gasteiger partial charge in [-0.15, -0.1) is 0 Å². The summed E-state index contributed by atoms with van der Waals surface area (Å²) in [7, 11) is 0. The summed E-state index contributed by atoms with van der Waals surface area (Å²) in [5, 5.41) is 3.11. The van der Waals surface area contributed by atoms with Gasteiger partial charge in [-0.25, -0.2) is 14.2 Å². The van der Waals surface area contributed by atoms with E-state index >= 15 is 0 Å². The summed E-state index contributed by atoms with van der Waals surface area (Å²) >= 11 is 0. The molecule has 3 fully saturated rings. The molecule has 0 unspecified atom stereocenters. The molecule has 3 heterocycles. The van der Waals surface area contributed by atoms with Gasteiger partial charge in [0.25, 0.3) is 0 Å². The van der Waals surface area contributed by atoms with Crippen molar-refractivity contribution in [2.24, 2.45) is 0 Å². The van der Waals surface area contributed by atoms with Gasteiger partial charge in [0.05, 0.1) is 18.8 Å². The van der Waals surface area contributed by atoms with E-state index in [1.165, 1.54) is 18.9 Å². The van der Waals surface area contributed by atoms with Crippen molar-refractivity contribution in [3.05, 3.63) is 24.1 Å². The van der Waals surface area contributed by atoms with Crippen LogP contribution in [-0.4, -0.2) is 60.3 Å². The molecular weight excluding hydrogens is 323 g/mol. The number of pyridine rings is 1. The number of aromatic nitrogens is 1. The largest absolute Gasteiger partial charge is 0.371 e. The van der Waals surface area contributed by atoms with Crippen molar-refractivity contribution >= 4 is 11.8 Å². The number of anilines is 1. The molecule has 1 atom stereocenters. The van der Waals surface area contributed by atoms with E-state index in [1.807, 2.05) is 9.80 Å². The smallest absolute Gasteiger partial charge is 0.317 e. The number of nitrogens with one attached hydrogen (secondary N) is 1. The summed E-state index contributed by atoms with van der Waals surface area (Å²) in [4.78, 5) is 20.6. The van der Waals surface area contributed by atoms with Crippen LogP contribution in [0.15, 0.2) is 18.3 Å². The van der Waals surface area contributed by atoms with Crippen LogP contribution in [0.3, 0.4) is 0 Å². The van der Waals surface area contributed by atoms with Crippen LogP contribution < -0.4 is 10.2 Å². The van der Waals surface area contributed by atoms with Gasteiger partial charge in [0.1, 0.15) is 0 Å². The maximum absolute atomic E-state index is 13.9. The molecule has 4 rings (SSSR count). The number of hydrogen-bond donors (Lipinski definition) is 1. The van der Waals surface area contributed by atoms with Crippen molar-refractivity contribution in [3.8, 4) is 0 Å². The average Bonchev–Trinajstić information content (AvgIpc) is 3.25. The summed E-state index contributed by atoms with van der Waals surface area (Å²) in [6.45, 7) is 3.23. The molecule has 0 aromatic carbocycles. The fourth-order valence-electron chi connectivity index (χ4n) is 4.29. The van der Waals surface area contributed by atoms with E-state index in [9.17, 15) is 9.18 Å². The van der Waals surface area contributed by atoms with Gasteiger partial charge in [0.2, 0.25) is 0 Å². The first-order chi connectivity index (χ1) is 12.2. The Labute approximate surface area is 147 Å². The van der Waals surface area contributed by atoms with Crippen LogP contribution in [0, 0.1) is 5.82 Å². The maximum atomic E-state index is 13.9. The third kappa shape index (κ3) is 3.42. The first kappa shape index (κ1) is 16.6. The number of morpholine rings is 1. The molecule has 136 valence electrons. The summed E-state index contributed by atoms with van der Waals surface area (Å²) in [6, 6.07) is 3.01. The fraction of sp³-hybridized carbons (Fsp3) is 0.667. The monoisotopic (exact) mass is 348 g/mol. The van der Waals surface area contributed by atoms with Gasteiger partial charge in [0.15, 0.2) is 11.6 Å². The SMILES string of the molecule is O=C(N[C@H]1CCN(c2ncccc2F)C1)N1CCOC2(CCCC2)C1. The molecule has 7 heteroatoms. The molecule has 0 radical (unpaired) electrons. The summed E-state index contributed by atoms with van der Waals surface area (Å²) < 4.78 is 19.9. The van der Waals surface area contributed by atoms with Gasteiger partial charge in [-0.1, -0.05) is 12.8 Å². The first-order valence-corrected chi connectivity index (χ1v) is 9.20. The number of carbonyl (C=O) groups is 1. The molecule has 6 nitrogen and oxygen atoms in total.